The first-order valence-electron chi connectivity index (χ1n) is 7.28. The molecule has 0 saturated heterocycles. The van der Waals surface area contributed by atoms with Crippen molar-refractivity contribution in [3.63, 3.8) is 0 Å². The van der Waals surface area contributed by atoms with Gasteiger partial charge in [0.1, 0.15) is 5.82 Å². The first-order valence-corrected chi connectivity index (χ1v) is 8.08. The molecule has 0 radical (unpaired) electrons. The highest BCUT2D eigenvalue weighted by atomic mass is 79.9. The van der Waals surface area contributed by atoms with E-state index in [2.05, 4.69) is 47.2 Å². The molecule has 0 bridgehead atoms. The SMILES string of the molecule is CC(C)NCC(Cc1cccc(Br)c1)c1ccccc1F. The van der Waals surface area contributed by atoms with Crippen molar-refractivity contribution in [2.24, 2.45) is 0 Å². The molecule has 3 heteroatoms. The van der Waals surface area contributed by atoms with Gasteiger partial charge in [-0.3, -0.25) is 0 Å². The minimum Gasteiger partial charge on any atom is -0.314 e. The lowest BCUT2D eigenvalue weighted by molar-refractivity contribution is 0.505. The highest BCUT2D eigenvalue weighted by Crippen LogP contribution is 2.24. The summed E-state index contributed by atoms with van der Waals surface area (Å²) in [7, 11) is 0. The summed E-state index contributed by atoms with van der Waals surface area (Å²) in [6.07, 6.45) is 0.820. The van der Waals surface area contributed by atoms with E-state index in [-0.39, 0.29) is 11.7 Å². The van der Waals surface area contributed by atoms with Gasteiger partial charge in [0.25, 0.3) is 0 Å². The molecule has 0 aliphatic heterocycles. The van der Waals surface area contributed by atoms with E-state index < -0.39 is 0 Å². The van der Waals surface area contributed by atoms with E-state index in [0.29, 0.717) is 6.04 Å². The third-order valence-electron chi connectivity index (χ3n) is 3.49. The Morgan fingerprint density at radius 1 is 1.10 bits per heavy atom. The van der Waals surface area contributed by atoms with Gasteiger partial charge in [-0.15, -0.1) is 0 Å². The van der Waals surface area contributed by atoms with Crippen LogP contribution >= 0.6 is 15.9 Å². The molecule has 0 aliphatic carbocycles. The Labute approximate surface area is 134 Å². The third-order valence-corrected chi connectivity index (χ3v) is 3.98. The second kappa shape index (κ2) is 7.71. The van der Waals surface area contributed by atoms with Crippen LogP contribution in [0, 0.1) is 5.82 Å². The van der Waals surface area contributed by atoms with Crippen LogP contribution < -0.4 is 5.32 Å². The maximum atomic E-state index is 14.1. The molecular weight excluding hydrogens is 329 g/mol. The summed E-state index contributed by atoms with van der Waals surface area (Å²) in [5.41, 5.74) is 1.99. The summed E-state index contributed by atoms with van der Waals surface area (Å²) >= 11 is 3.50. The standard InChI is InChI=1S/C18H21BrFN/c1-13(2)21-12-15(17-8-3-4-9-18(17)20)10-14-6-5-7-16(19)11-14/h3-9,11,13,15,21H,10,12H2,1-2H3. The second-order valence-electron chi connectivity index (χ2n) is 5.62. The van der Waals surface area contributed by atoms with Crippen molar-refractivity contribution in [1.82, 2.24) is 5.32 Å². The van der Waals surface area contributed by atoms with Crippen LogP contribution in [0.25, 0.3) is 0 Å². The molecule has 2 aromatic carbocycles. The molecule has 1 N–H and O–H groups in total. The van der Waals surface area contributed by atoms with E-state index in [9.17, 15) is 4.39 Å². The second-order valence-corrected chi connectivity index (χ2v) is 6.53. The quantitative estimate of drug-likeness (QED) is 0.780. The zero-order valence-electron chi connectivity index (χ0n) is 12.4. The number of benzene rings is 2. The highest BCUT2D eigenvalue weighted by molar-refractivity contribution is 9.10. The summed E-state index contributed by atoms with van der Waals surface area (Å²) in [5.74, 6) is 0.00551. The topological polar surface area (TPSA) is 12.0 Å². The smallest absolute Gasteiger partial charge is 0.126 e. The van der Waals surface area contributed by atoms with E-state index >= 15 is 0 Å². The molecule has 0 amide bonds. The largest absolute Gasteiger partial charge is 0.314 e. The molecule has 21 heavy (non-hydrogen) atoms. The Morgan fingerprint density at radius 3 is 2.52 bits per heavy atom. The minimum atomic E-state index is -0.122. The third kappa shape index (κ3) is 4.94. The Morgan fingerprint density at radius 2 is 1.86 bits per heavy atom. The summed E-state index contributed by atoms with van der Waals surface area (Å²) in [6, 6.07) is 15.7. The molecule has 2 rings (SSSR count). The average Bonchev–Trinajstić information content (AvgIpc) is 2.44. The van der Waals surface area contributed by atoms with Crippen LogP contribution in [0.4, 0.5) is 4.39 Å². The maximum Gasteiger partial charge on any atom is 0.126 e. The maximum absolute atomic E-state index is 14.1. The van der Waals surface area contributed by atoms with Crippen LogP contribution in [-0.2, 0) is 6.42 Å². The molecule has 0 heterocycles. The van der Waals surface area contributed by atoms with Gasteiger partial charge in [0, 0.05) is 23.0 Å². The van der Waals surface area contributed by atoms with Crippen molar-refractivity contribution in [3.8, 4) is 0 Å². The average molecular weight is 350 g/mol. The zero-order chi connectivity index (χ0) is 15.2. The first-order chi connectivity index (χ1) is 10.1. The van der Waals surface area contributed by atoms with Gasteiger partial charge < -0.3 is 5.32 Å². The summed E-state index contributed by atoms with van der Waals surface area (Å²) in [4.78, 5) is 0. The normalized spacial score (nSPS) is 12.6. The van der Waals surface area contributed by atoms with Crippen LogP contribution in [-0.4, -0.2) is 12.6 Å². The molecule has 0 fully saturated rings. The number of hydrogen-bond acceptors (Lipinski definition) is 1. The molecule has 1 nitrogen and oxygen atoms in total. The van der Waals surface area contributed by atoms with Crippen molar-refractivity contribution in [2.45, 2.75) is 32.2 Å². The van der Waals surface area contributed by atoms with Crippen LogP contribution in [0.5, 0.6) is 0 Å². The fourth-order valence-corrected chi connectivity index (χ4v) is 2.87. The number of hydrogen-bond donors (Lipinski definition) is 1. The van der Waals surface area contributed by atoms with Gasteiger partial charge in [-0.25, -0.2) is 4.39 Å². The predicted molar refractivity (Wildman–Crippen MR) is 90.1 cm³/mol. The number of halogens is 2. The van der Waals surface area contributed by atoms with Crippen LogP contribution in [0.2, 0.25) is 0 Å². The van der Waals surface area contributed by atoms with Gasteiger partial charge in [0.15, 0.2) is 0 Å². The fraction of sp³-hybridized carbons (Fsp3) is 0.333. The summed E-state index contributed by atoms with van der Waals surface area (Å²) in [5, 5.41) is 3.43. The molecule has 112 valence electrons. The van der Waals surface area contributed by atoms with Crippen molar-refractivity contribution in [3.05, 3.63) is 69.9 Å². The first kappa shape index (κ1) is 16.2. The Kier molecular flexibility index (Phi) is 5.95. The van der Waals surface area contributed by atoms with Gasteiger partial charge in [-0.2, -0.15) is 0 Å². The Bertz CT molecular complexity index is 583. The summed E-state index contributed by atoms with van der Waals surface area (Å²) < 4.78 is 15.2. The van der Waals surface area contributed by atoms with E-state index in [1.807, 2.05) is 24.3 Å². The van der Waals surface area contributed by atoms with Crippen molar-refractivity contribution >= 4 is 15.9 Å². The lowest BCUT2D eigenvalue weighted by Crippen LogP contribution is -2.29. The van der Waals surface area contributed by atoms with Crippen molar-refractivity contribution in [2.75, 3.05) is 6.54 Å². The fourth-order valence-electron chi connectivity index (χ4n) is 2.42. The lowest BCUT2D eigenvalue weighted by Gasteiger charge is -2.20. The minimum absolute atomic E-state index is 0.122. The van der Waals surface area contributed by atoms with Crippen molar-refractivity contribution < 1.29 is 4.39 Å². The van der Waals surface area contributed by atoms with E-state index in [4.69, 9.17) is 0 Å². The van der Waals surface area contributed by atoms with Gasteiger partial charge in [-0.1, -0.05) is 60.1 Å². The molecular formula is C18H21BrFN. The molecule has 1 atom stereocenters. The lowest BCUT2D eigenvalue weighted by atomic mass is 9.91. The van der Waals surface area contributed by atoms with E-state index in [1.165, 1.54) is 5.56 Å². The monoisotopic (exact) mass is 349 g/mol. The van der Waals surface area contributed by atoms with Gasteiger partial charge in [0.05, 0.1) is 0 Å². The van der Waals surface area contributed by atoms with Crippen molar-refractivity contribution in [1.29, 1.82) is 0 Å². The molecule has 2 aromatic rings. The molecule has 0 aromatic heterocycles. The molecule has 0 saturated carbocycles. The predicted octanol–water partition coefficient (Wildman–Crippen LogP) is 4.91. The Balaban J connectivity index is 2.22. The van der Waals surface area contributed by atoms with Crippen LogP contribution in [0.15, 0.2) is 53.0 Å². The van der Waals surface area contributed by atoms with Crippen LogP contribution in [0.3, 0.4) is 0 Å². The van der Waals surface area contributed by atoms with Gasteiger partial charge in [-0.05, 0) is 35.7 Å². The van der Waals surface area contributed by atoms with Gasteiger partial charge in [0.2, 0.25) is 0 Å². The molecule has 0 aliphatic rings. The van der Waals surface area contributed by atoms with E-state index in [0.717, 1.165) is 23.0 Å². The molecule has 0 spiro atoms. The highest BCUT2D eigenvalue weighted by Gasteiger charge is 2.16. The van der Waals surface area contributed by atoms with E-state index in [1.54, 1.807) is 12.1 Å². The number of rotatable bonds is 6. The number of nitrogens with one attached hydrogen (secondary N) is 1. The van der Waals surface area contributed by atoms with Crippen LogP contribution in [0.1, 0.15) is 30.9 Å². The zero-order valence-corrected chi connectivity index (χ0v) is 14.0. The Hall–Kier alpha value is -1.19. The molecule has 1 unspecified atom stereocenters. The van der Waals surface area contributed by atoms with Gasteiger partial charge >= 0.3 is 0 Å². The summed E-state index contributed by atoms with van der Waals surface area (Å²) in [6.45, 7) is 4.99.